The zero-order valence-electron chi connectivity index (χ0n) is 15.8. The van der Waals surface area contributed by atoms with E-state index >= 15 is 0 Å². The zero-order chi connectivity index (χ0) is 19.7. The SMILES string of the molecule is CC(C)Oc1ccc(C2=NNN=C(c3cccc4c3CCC4N)S2)cc1C#N. The minimum absolute atomic E-state index is 0.00583. The van der Waals surface area contributed by atoms with Gasteiger partial charge in [0.25, 0.3) is 0 Å². The van der Waals surface area contributed by atoms with Crippen LogP contribution in [0, 0.1) is 11.3 Å². The minimum Gasteiger partial charge on any atom is -0.490 e. The molecule has 0 fully saturated rings. The molecule has 0 saturated carbocycles. The Balaban J connectivity index is 1.61. The van der Waals surface area contributed by atoms with Gasteiger partial charge in [-0.2, -0.15) is 21.0 Å². The van der Waals surface area contributed by atoms with E-state index in [0.29, 0.717) is 11.3 Å². The van der Waals surface area contributed by atoms with Crippen LogP contribution in [-0.4, -0.2) is 16.2 Å². The first-order valence-electron chi connectivity index (χ1n) is 9.24. The lowest BCUT2D eigenvalue weighted by molar-refractivity contribution is 0.241. The Bertz CT molecular complexity index is 1020. The summed E-state index contributed by atoms with van der Waals surface area (Å²) < 4.78 is 5.71. The molecule has 28 heavy (non-hydrogen) atoms. The summed E-state index contributed by atoms with van der Waals surface area (Å²) in [6.45, 7) is 3.88. The molecule has 0 aromatic heterocycles. The van der Waals surface area contributed by atoms with Crippen molar-refractivity contribution in [2.24, 2.45) is 15.9 Å². The van der Waals surface area contributed by atoms with Gasteiger partial charge in [0.1, 0.15) is 21.9 Å². The van der Waals surface area contributed by atoms with E-state index in [1.807, 2.05) is 32.0 Å². The van der Waals surface area contributed by atoms with Crippen LogP contribution in [0.15, 0.2) is 46.6 Å². The molecule has 2 aromatic carbocycles. The lowest BCUT2D eigenvalue weighted by Gasteiger charge is -2.17. The topological polar surface area (TPSA) is 95.8 Å². The summed E-state index contributed by atoms with van der Waals surface area (Å²) in [7, 11) is 0. The average Bonchev–Trinajstić information content (AvgIpc) is 3.09. The molecule has 1 unspecified atom stereocenters. The number of hydrogen-bond acceptors (Lipinski definition) is 7. The molecular formula is C21H21N5OS. The Morgan fingerprint density at radius 1 is 1.25 bits per heavy atom. The van der Waals surface area contributed by atoms with Crippen molar-refractivity contribution in [1.82, 2.24) is 5.53 Å². The Morgan fingerprint density at radius 3 is 2.86 bits per heavy atom. The molecule has 1 aliphatic heterocycles. The van der Waals surface area contributed by atoms with Crippen LogP contribution < -0.4 is 16.0 Å². The van der Waals surface area contributed by atoms with Crippen molar-refractivity contribution in [2.75, 3.05) is 0 Å². The van der Waals surface area contributed by atoms with Gasteiger partial charge in [-0.1, -0.05) is 18.2 Å². The fraction of sp³-hybridized carbons (Fsp3) is 0.286. The maximum Gasteiger partial charge on any atom is 0.137 e. The first-order chi connectivity index (χ1) is 13.6. The number of nitrogens with two attached hydrogens (primary N) is 1. The van der Waals surface area contributed by atoms with Gasteiger partial charge in [0, 0.05) is 17.2 Å². The van der Waals surface area contributed by atoms with Gasteiger partial charge >= 0.3 is 0 Å². The van der Waals surface area contributed by atoms with Gasteiger partial charge in [0.05, 0.1) is 11.7 Å². The standard InChI is InChI=1S/C21H21N5OS/c1-12(2)27-19-9-6-13(10-14(19)11-22)20-24-26-25-21(28-20)17-5-3-4-16-15(17)7-8-18(16)23/h3-6,9-10,12,18,26H,7-8,23H2,1-2H3. The van der Waals surface area contributed by atoms with Crippen LogP contribution in [0.5, 0.6) is 5.75 Å². The molecule has 4 rings (SSSR count). The highest BCUT2D eigenvalue weighted by molar-refractivity contribution is 8.27. The van der Waals surface area contributed by atoms with Crippen LogP contribution in [0.4, 0.5) is 0 Å². The number of nitriles is 1. The Morgan fingerprint density at radius 2 is 2.07 bits per heavy atom. The predicted octanol–water partition coefficient (Wildman–Crippen LogP) is 3.65. The average molecular weight is 392 g/mol. The van der Waals surface area contributed by atoms with E-state index in [1.54, 1.807) is 6.07 Å². The van der Waals surface area contributed by atoms with E-state index in [2.05, 4.69) is 33.9 Å². The Hall–Kier alpha value is -2.82. The van der Waals surface area contributed by atoms with Gasteiger partial charge in [-0.15, -0.1) is 0 Å². The summed E-state index contributed by atoms with van der Waals surface area (Å²) in [5.41, 5.74) is 13.9. The van der Waals surface area contributed by atoms with Crippen molar-refractivity contribution < 1.29 is 4.74 Å². The second kappa shape index (κ2) is 7.66. The number of thioether (sulfide) groups is 1. The van der Waals surface area contributed by atoms with E-state index in [4.69, 9.17) is 10.5 Å². The van der Waals surface area contributed by atoms with E-state index in [1.165, 1.54) is 22.9 Å². The molecule has 0 radical (unpaired) electrons. The Labute approximate surface area is 168 Å². The van der Waals surface area contributed by atoms with Crippen LogP contribution in [0.3, 0.4) is 0 Å². The van der Waals surface area contributed by atoms with Gasteiger partial charge in [-0.05, 0) is 67.8 Å². The third-order valence-corrected chi connectivity index (χ3v) is 5.78. The first kappa shape index (κ1) is 18.5. The minimum atomic E-state index is 0.00583. The number of ether oxygens (including phenoxy) is 1. The largest absolute Gasteiger partial charge is 0.490 e. The lowest BCUT2D eigenvalue weighted by Crippen LogP contribution is -2.17. The number of nitrogens with zero attached hydrogens (tertiary/aromatic N) is 3. The fourth-order valence-corrected chi connectivity index (χ4v) is 4.39. The molecule has 1 heterocycles. The predicted molar refractivity (Wildman–Crippen MR) is 112 cm³/mol. The van der Waals surface area contributed by atoms with Crippen molar-refractivity contribution in [3.05, 3.63) is 64.2 Å². The quantitative estimate of drug-likeness (QED) is 0.829. The van der Waals surface area contributed by atoms with Crippen molar-refractivity contribution in [2.45, 2.75) is 38.8 Å². The highest BCUT2D eigenvalue weighted by Gasteiger charge is 2.25. The third-order valence-electron chi connectivity index (χ3n) is 4.75. The van der Waals surface area contributed by atoms with Crippen molar-refractivity contribution in [3.63, 3.8) is 0 Å². The highest BCUT2D eigenvalue weighted by atomic mass is 32.2. The molecule has 7 heteroatoms. The molecule has 0 amide bonds. The molecule has 0 bridgehead atoms. The molecule has 1 atom stereocenters. The molecular weight excluding hydrogens is 370 g/mol. The van der Waals surface area contributed by atoms with Crippen LogP contribution in [-0.2, 0) is 6.42 Å². The van der Waals surface area contributed by atoms with Crippen molar-refractivity contribution in [3.8, 4) is 11.8 Å². The van der Waals surface area contributed by atoms with Crippen molar-refractivity contribution in [1.29, 1.82) is 5.26 Å². The monoisotopic (exact) mass is 391 g/mol. The third kappa shape index (κ3) is 3.49. The van der Waals surface area contributed by atoms with E-state index in [0.717, 1.165) is 34.1 Å². The highest BCUT2D eigenvalue weighted by Crippen LogP contribution is 2.35. The molecule has 0 spiro atoms. The second-order valence-corrected chi connectivity index (χ2v) is 8.02. The number of hydrogen-bond donors (Lipinski definition) is 2. The zero-order valence-corrected chi connectivity index (χ0v) is 16.6. The van der Waals surface area contributed by atoms with E-state index in [9.17, 15) is 5.26 Å². The number of rotatable bonds is 4. The number of fused-ring (bicyclic) bond motifs is 1. The number of benzene rings is 2. The van der Waals surface area contributed by atoms with E-state index in [-0.39, 0.29) is 12.1 Å². The smallest absolute Gasteiger partial charge is 0.137 e. The van der Waals surface area contributed by atoms with Gasteiger partial charge in [-0.25, -0.2) is 0 Å². The van der Waals surface area contributed by atoms with Crippen LogP contribution in [0.25, 0.3) is 0 Å². The lowest BCUT2D eigenvalue weighted by atomic mass is 10.0. The summed E-state index contributed by atoms with van der Waals surface area (Å²) in [5.74, 6) is 0.583. The van der Waals surface area contributed by atoms with Gasteiger partial charge in [-0.3, -0.25) is 0 Å². The number of hydrazone groups is 2. The normalized spacial score (nSPS) is 18.0. The molecule has 0 saturated heterocycles. The van der Waals surface area contributed by atoms with Gasteiger partial charge in [0.15, 0.2) is 0 Å². The van der Waals surface area contributed by atoms with Crippen LogP contribution in [0.2, 0.25) is 0 Å². The number of nitrogens with one attached hydrogen (secondary N) is 1. The van der Waals surface area contributed by atoms with E-state index < -0.39 is 0 Å². The summed E-state index contributed by atoms with van der Waals surface area (Å²) in [5, 5.41) is 19.8. The summed E-state index contributed by atoms with van der Waals surface area (Å²) in [4.78, 5) is 0. The molecule has 2 aromatic rings. The summed E-state index contributed by atoms with van der Waals surface area (Å²) in [6, 6.07) is 14.0. The van der Waals surface area contributed by atoms with Crippen molar-refractivity contribution >= 4 is 21.8 Å². The van der Waals surface area contributed by atoms with Gasteiger partial charge < -0.3 is 10.5 Å². The second-order valence-electron chi connectivity index (χ2n) is 7.04. The Kier molecular flexibility index (Phi) is 5.07. The van der Waals surface area contributed by atoms with Gasteiger partial charge in [0.2, 0.25) is 0 Å². The molecule has 2 aliphatic rings. The fourth-order valence-electron chi connectivity index (χ4n) is 3.49. The maximum atomic E-state index is 9.49. The summed E-state index contributed by atoms with van der Waals surface area (Å²) in [6.07, 6.45) is 1.92. The van der Waals surface area contributed by atoms with Crippen LogP contribution in [0.1, 0.15) is 54.1 Å². The molecule has 1 aliphatic carbocycles. The molecule has 6 nitrogen and oxygen atoms in total. The summed E-state index contributed by atoms with van der Waals surface area (Å²) >= 11 is 1.49. The first-order valence-corrected chi connectivity index (χ1v) is 10.1. The molecule has 3 N–H and O–H groups in total. The maximum absolute atomic E-state index is 9.49. The van der Waals surface area contributed by atoms with Crippen LogP contribution >= 0.6 is 11.8 Å². The molecule has 142 valence electrons.